The third kappa shape index (κ3) is 3.69. The molecule has 1 saturated heterocycles. The first-order chi connectivity index (χ1) is 8.05. The number of aryl methyl sites for hydroxylation is 1. The highest BCUT2D eigenvalue weighted by Gasteiger charge is 2.15. The first-order valence-electron chi connectivity index (χ1n) is 5.64. The van der Waals surface area contributed by atoms with E-state index in [0.29, 0.717) is 12.6 Å². The molecule has 1 aromatic heterocycles. The monoisotopic (exact) mass is 278 g/mol. The van der Waals surface area contributed by atoms with Crippen LogP contribution in [0.1, 0.15) is 25.7 Å². The van der Waals surface area contributed by atoms with E-state index in [0.717, 1.165) is 32.3 Å². The lowest BCUT2D eigenvalue weighted by molar-refractivity contribution is 0.101. The predicted molar refractivity (Wildman–Crippen MR) is 63.5 cm³/mol. The van der Waals surface area contributed by atoms with E-state index < -0.39 is 9.05 Å². The normalized spacial score (nSPS) is 20.9. The quantitative estimate of drug-likeness (QED) is 0.770. The molecule has 2 rings (SSSR count). The molecule has 0 saturated carbocycles. The van der Waals surface area contributed by atoms with Crippen molar-refractivity contribution in [2.24, 2.45) is 0 Å². The highest BCUT2D eigenvalue weighted by molar-refractivity contribution is 8.13. The molecule has 0 radical (unpaired) electrons. The van der Waals surface area contributed by atoms with Gasteiger partial charge in [0.05, 0.1) is 12.3 Å². The Hall–Kier alpha value is -0.590. The van der Waals surface area contributed by atoms with Crippen molar-refractivity contribution in [2.45, 2.75) is 43.2 Å². The Morgan fingerprint density at radius 3 is 3.00 bits per heavy atom. The molecule has 0 aliphatic carbocycles. The predicted octanol–water partition coefficient (Wildman–Crippen LogP) is 1.77. The first kappa shape index (κ1) is 12.9. The van der Waals surface area contributed by atoms with E-state index in [-0.39, 0.29) is 4.90 Å². The van der Waals surface area contributed by atoms with Gasteiger partial charge in [-0.1, -0.05) is 0 Å². The summed E-state index contributed by atoms with van der Waals surface area (Å²) in [4.78, 5) is 0.0521. The summed E-state index contributed by atoms with van der Waals surface area (Å²) >= 11 is 0. The first-order valence-corrected chi connectivity index (χ1v) is 7.95. The van der Waals surface area contributed by atoms with E-state index in [1.165, 1.54) is 12.4 Å². The number of hydrogen-bond donors (Lipinski definition) is 0. The maximum atomic E-state index is 11.0. The molecule has 96 valence electrons. The molecule has 1 aromatic rings. The fraction of sp³-hybridized carbons (Fsp3) is 0.700. The third-order valence-corrected chi connectivity index (χ3v) is 4.14. The van der Waals surface area contributed by atoms with Crippen LogP contribution in [-0.2, 0) is 20.3 Å². The van der Waals surface area contributed by atoms with Gasteiger partial charge in [0.2, 0.25) is 0 Å². The van der Waals surface area contributed by atoms with Gasteiger partial charge in [-0.3, -0.25) is 4.68 Å². The van der Waals surface area contributed by atoms with Crippen LogP contribution in [0, 0.1) is 0 Å². The fourth-order valence-corrected chi connectivity index (χ4v) is 2.61. The van der Waals surface area contributed by atoms with Gasteiger partial charge in [0.25, 0.3) is 9.05 Å². The van der Waals surface area contributed by atoms with Crippen LogP contribution in [0.5, 0.6) is 0 Å². The minimum Gasteiger partial charge on any atom is -0.378 e. The van der Waals surface area contributed by atoms with Crippen molar-refractivity contribution >= 4 is 19.7 Å². The summed E-state index contributed by atoms with van der Waals surface area (Å²) in [6.07, 6.45) is 7.27. The number of aromatic nitrogens is 2. The van der Waals surface area contributed by atoms with E-state index in [1.54, 1.807) is 4.68 Å². The summed E-state index contributed by atoms with van der Waals surface area (Å²) in [6.45, 7) is 1.55. The molecular formula is C10H15ClN2O3S. The van der Waals surface area contributed by atoms with E-state index in [2.05, 4.69) is 5.10 Å². The number of halogens is 1. The zero-order valence-electron chi connectivity index (χ0n) is 9.38. The van der Waals surface area contributed by atoms with Gasteiger partial charge < -0.3 is 4.74 Å². The minimum atomic E-state index is -3.66. The standard InChI is InChI=1S/C10H15ClN2O3S/c11-17(14,15)10-7-12-13(8-10)5-1-3-9-4-2-6-16-9/h7-9H,1-6H2. The zero-order valence-corrected chi connectivity index (χ0v) is 11.0. The van der Waals surface area contributed by atoms with Crippen molar-refractivity contribution in [2.75, 3.05) is 6.61 Å². The average Bonchev–Trinajstić information content (AvgIpc) is 2.86. The molecule has 0 spiro atoms. The Morgan fingerprint density at radius 1 is 1.59 bits per heavy atom. The fourth-order valence-electron chi connectivity index (χ4n) is 1.95. The average molecular weight is 279 g/mol. The van der Waals surface area contributed by atoms with Crippen molar-refractivity contribution in [1.82, 2.24) is 9.78 Å². The lowest BCUT2D eigenvalue weighted by Crippen LogP contribution is -2.07. The van der Waals surface area contributed by atoms with Gasteiger partial charge in [0, 0.05) is 30.0 Å². The van der Waals surface area contributed by atoms with Crippen LogP contribution in [0.3, 0.4) is 0 Å². The van der Waals surface area contributed by atoms with Crippen LogP contribution in [0.25, 0.3) is 0 Å². The molecule has 1 atom stereocenters. The number of hydrogen-bond acceptors (Lipinski definition) is 4. The van der Waals surface area contributed by atoms with Gasteiger partial charge in [-0.25, -0.2) is 8.42 Å². The molecule has 0 aromatic carbocycles. The van der Waals surface area contributed by atoms with Crippen molar-refractivity contribution in [3.63, 3.8) is 0 Å². The van der Waals surface area contributed by atoms with Crippen LogP contribution in [0.4, 0.5) is 0 Å². The van der Waals surface area contributed by atoms with E-state index >= 15 is 0 Å². The molecule has 0 N–H and O–H groups in total. The Kier molecular flexibility index (Phi) is 4.06. The van der Waals surface area contributed by atoms with E-state index in [9.17, 15) is 8.42 Å². The Labute approximate surface area is 105 Å². The van der Waals surface area contributed by atoms with Crippen LogP contribution < -0.4 is 0 Å². The molecule has 7 heteroatoms. The lowest BCUT2D eigenvalue weighted by atomic mass is 10.1. The maximum absolute atomic E-state index is 11.0. The molecule has 17 heavy (non-hydrogen) atoms. The maximum Gasteiger partial charge on any atom is 0.264 e. The molecule has 5 nitrogen and oxygen atoms in total. The van der Waals surface area contributed by atoms with Crippen LogP contribution in [0.15, 0.2) is 17.3 Å². The number of nitrogens with zero attached hydrogens (tertiary/aromatic N) is 2. The third-order valence-electron chi connectivity index (χ3n) is 2.83. The summed E-state index contributed by atoms with van der Waals surface area (Å²) in [7, 11) is 1.55. The smallest absolute Gasteiger partial charge is 0.264 e. The van der Waals surface area contributed by atoms with Crippen molar-refractivity contribution < 1.29 is 13.2 Å². The lowest BCUT2D eigenvalue weighted by Gasteiger charge is -2.08. The van der Waals surface area contributed by atoms with Gasteiger partial charge >= 0.3 is 0 Å². The van der Waals surface area contributed by atoms with Gasteiger partial charge in [-0.2, -0.15) is 5.10 Å². The van der Waals surface area contributed by atoms with Crippen LogP contribution in [-0.4, -0.2) is 30.9 Å². The summed E-state index contributed by atoms with van der Waals surface area (Å²) in [5, 5.41) is 3.96. The van der Waals surface area contributed by atoms with E-state index in [4.69, 9.17) is 15.4 Å². The van der Waals surface area contributed by atoms with Gasteiger partial charge in [-0.05, 0) is 25.7 Å². The van der Waals surface area contributed by atoms with Crippen molar-refractivity contribution in [1.29, 1.82) is 0 Å². The Morgan fingerprint density at radius 2 is 2.41 bits per heavy atom. The van der Waals surface area contributed by atoms with Crippen LogP contribution >= 0.6 is 10.7 Å². The van der Waals surface area contributed by atoms with Gasteiger partial charge in [0.15, 0.2) is 0 Å². The van der Waals surface area contributed by atoms with E-state index in [1.807, 2.05) is 0 Å². The summed E-state index contributed by atoms with van der Waals surface area (Å²) in [6, 6.07) is 0. The minimum absolute atomic E-state index is 0.0521. The highest BCUT2D eigenvalue weighted by Crippen LogP contribution is 2.18. The second-order valence-electron chi connectivity index (χ2n) is 4.15. The molecule has 1 fully saturated rings. The Bertz CT molecular complexity index is 466. The molecule has 1 aliphatic rings. The summed E-state index contributed by atoms with van der Waals surface area (Å²) in [5.41, 5.74) is 0. The Balaban J connectivity index is 1.81. The second kappa shape index (κ2) is 5.37. The molecule has 0 bridgehead atoms. The summed E-state index contributed by atoms with van der Waals surface area (Å²) in [5.74, 6) is 0. The number of rotatable bonds is 5. The molecule has 1 aliphatic heterocycles. The molecule has 2 heterocycles. The molecular weight excluding hydrogens is 264 g/mol. The summed E-state index contributed by atoms with van der Waals surface area (Å²) < 4.78 is 29.1. The van der Waals surface area contributed by atoms with Gasteiger partial charge in [-0.15, -0.1) is 0 Å². The zero-order chi connectivity index (χ0) is 12.3. The molecule has 1 unspecified atom stereocenters. The van der Waals surface area contributed by atoms with Crippen LogP contribution in [0.2, 0.25) is 0 Å². The van der Waals surface area contributed by atoms with Crippen molar-refractivity contribution in [3.8, 4) is 0 Å². The highest BCUT2D eigenvalue weighted by atomic mass is 35.7. The SMILES string of the molecule is O=S(=O)(Cl)c1cnn(CCCC2CCCO2)c1. The second-order valence-corrected chi connectivity index (χ2v) is 6.72. The topological polar surface area (TPSA) is 61.2 Å². The van der Waals surface area contributed by atoms with Crippen molar-refractivity contribution in [3.05, 3.63) is 12.4 Å². The number of ether oxygens (including phenoxy) is 1. The van der Waals surface area contributed by atoms with Gasteiger partial charge in [0.1, 0.15) is 4.90 Å². The molecule has 0 amide bonds. The largest absolute Gasteiger partial charge is 0.378 e.